The minimum Gasteiger partial charge on any atom is -0.481 e. The summed E-state index contributed by atoms with van der Waals surface area (Å²) in [5, 5.41) is 23.2. The Hall–Kier alpha value is -5.72. The molecule has 0 spiro atoms. The van der Waals surface area contributed by atoms with E-state index >= 15 is 0 Å². The first-order chi connectivity index (χ1) is 25.9. The topological polar surface area (TPSA) is 160 Å². The van der Waals surface area contributed by atoms with Gasteiger partial charge in [0.25, 0.3) is 0 Å². The van der Waals surface area contributed by atoms with Crippen LogP contribution in [0.2, 0.25) is 0 Å². The van der Waals surface area contributed by atoms with E-state index in [-0.39, 0.29) is 30.2 Å². The molecule has 280 valence electrons. The molecule has 12 nitrogen and oxygen atoms in total. The number of anilines is 2. The molecule has 0 fully saturated rings. The minimum atomic E-state index is -1.47. The summed E-state index contributed by atoms with van der Waals surface area (Å²) in [6, 6.07) is 11.0. The molecule has 0 radical (unpaired) electrons. The third-order valence-corrected chi connectivity index (χ3v) is 7.87. The summed E-state index contributed by atoms with van der Waals surface area (Å²) in [6.45, 7) is 3.66. The van der Waals surface area contributed by atoms with Crippen LogP contribution in [-0.4, -0.2) is 61.3 Å². The van der Waals surface area contributed by atoms with Crippen molar-refractivity contribution in [2.24, 2.45) is 0 Å². The van der Waals surface area contributed by atoms with Gasteiger partial charge in [0.1, 0.15) is 23.3 Å². The number of methoxy groups -OCH3 is 2. The van der Waals surface area contributed by atoms with Crippen molar-refractivity contribution in [2.75, 3.05) is 24.9 Å². The summed E-state index contributed by atoms with van der Waals surface area (Å²) in [6.07, 6.45) is 9.43. The van der Waals surface area contributed by atoms with Gasteiger partial charge in [-0.05, 0) is 65.2 Å². The van der Waals surface area contributed by atoms with Crippen molar-refractivity contribution >= 4 is 40.4 Å². The summed E-state index contributed by atoms with van der Waals surface area (Å²) >= 11 is 3.19. The van der Waals surface area contributed by atoms with Crippen LogP contribution in [0.4, 0.5) is 29.5 Å². The van der Waals surface area contributed by atoms with Gasteiger partial charge in [-0.25, -0.2) is 47.5 Å². The van der Waals surface area contributed by atoms with E-state index in [9.17, 15) is 17.6 Å². The summed E-state index contributed by atoms with van der Waals surface area (Å²) in [5.41, 5.74) is 3.71. The number of aromatic nitrogens is 6. The first kappa shape index (κ1) is 41.0. The van der Waals surface area contributed by atoms with Crippen molar-refractivity contribution in [3.63, 3.8) is 0 Å². The zero-order valence-corrected chi connectivity index (χ0v) is 30.9. The van der Waals surface area contributed by atoms with Crippen LogP contribution in [0.1, 0.15) is 22.3 Å². The number of hydrogen-bond acceptors (Lipinski definition) is 12. The zero-order valence-electron chi connectivity index (χ0n) is 29.4. The maximum atomic E-state index is 13.6. The molecule has 0 atom stereocenters. The molecule has 4 N–H and O–H groups in total. The molecule has 2 aromatic carbocycles. The Morgan fingerprint density at radius 3 is 1.46 bits per heavy atom. The maximum absolute atomic E-state index is 13.6. The number of nitrogens with one attached hydrogen (secondary N) is 2. The van der Waals surface area contributed by atoms with Crippen molar-refractivity contribution in [3.05, 3.63) is 136 Å². The molecule has 0 saturated heterocycles. The van der Waals surface area contributed by atoms with Gasteiger partial charge >= 0.3 is 7.12 Å². The van der Waals surface area contributed by atoms with E-state index in [2.05, 4.69) is 56.5 Å². The molecule has 4 heterocycles. The van der Waals surface area contributed by atoms with E-state index in [4.69, 9.17) is 19.5 Å². The molecule has 6 aromatic rings. The molecule has 0 bridgehead atoms. The summed E-state index contributed by atoms with van der Waals surface area (Å²) in [5.74, 6) is -0.789. The monoisotopic (exact) mass is 808 g/mol. The highest BCUT2D eigenvalue weighted by atomic mass is 79.9. The number of pyridine rings is 2. The lowest BCUT2D eigenvalue weighted by Crippen LogP contribution is -2.32. The average molecular weight is 809 g/mol. The lowest BCUT2D eigenvalue weighted by atomic mass is 9.79. The lowest BCUT2D eigenvalue weighted by Gasteiger charge is -2.09. The zero-order chi connectivity index (χ0) is 39.2. The summed E-state index contributed by atoms with van der Waals surface area (Å²) in [7, 11) is 1.60. The molecular formula is C36H34BBrF4N8O4. The number of hydrogen-bond donors (Lipinski definition) is 4. The van der Waals surface area contributed by atoms with Crippen LogP contribution < -0.4 is 25.6 Å². The van der Waals surface area contributed by atoms with Gasteiger partial charge in [-0.15, -0.1) is 0 Å². The van der Waals surface area contributed by atoms with Gasteiger partial charge in [0.2, 0.25) is 23.7 Å². The molecule has 4 aromatic heterocycles. The number of aryl methyl sites for hydroxylation is 2. The second kappa shape index (κ2) is 19.9. The van der Waals surface area contributed by atoms with E-state index in [1.165, 1.54) is 49.7 Å². The summed E-state index contributed by atoms with van der Waals surface area (Å²) in [4.78, 5) is 24.3. The first-order valence-corrected chi connectivity index (χ1v) is 16.7. The van der Waals surface area contributed by atoms with Crippen LogP contribution in [0, 0.1) is 37.1 Å². The number of benzene rings is 2. The highest BCUT2D eigenvalue weighted by Gasteiger charge is 2.15. The van der Waals surface area contributed by atoms with Gasteiger partial charge in [0, 0.05) is 90.1 Å². The fraction of sp³-hybridized carbons (Fsp3) is 0.167. The van der Waals surface area contributed by atoms with Crippen LogP contribution in [0.5, 0.6) is 11.8 Å². The number of nitrogens with zero attached hydrogens (tertiary/aromatic N) is 6. The van der Waals surface area contributed by atoms with Gasteiger partial charge in [-0.2, -0.15) is 0 Å². The Labute approximate surface area is 317 Å². The fourth-order valence-corrected chi connectivity index (χ4v) is 4.77. The molecule has 0 saturated carbocycles. The second-order valence-corrected chi connectivity index (χ2v) is 12.0. The number of halogens is 5. The number of rotatable bonds is 10. The number of ether oxygens (including phenoxy) is 2. The predicted molar refractivity (Wildman–Crippen MR) is 199 cm³/mol. The Morgan fingerprint density at radius 2 is 1.06 bits per heavy atom. The van der Waals surface area contributed by atoms with Gasteiger partial charge in [-0.3, -0.25) is 0 Å². The van der Waals surface area contributed by atoms with Crippen LogP contribution in [0.3, 0.4) is 0 Å². The predicted octanol–water partition coefficient (Wildman–Crippen LogP) is 5.95. The van der Waals surface area contributed by atoms with Crippen molar-refractivity contribution < 1.29 is 37.1 Å². The van der Waals surface area contributed by atoms with Crippen molar-refractivity contribution in [2.45, 2.75) is 26.9 Å². The van der Waals surface area contributed by atoms with E-state index in [1.807, 2.05) is 13.0 Å². The average Bonchev–Trinajstić information content (AvgIpc) is 3.16. The Balaban J connectivity index is 0.000000194. The fourth-order valence-electron chi connectivity index (χ4n) is 4.57. The minimum absolute atomic E-state index is 0.000138. The molecule has 18 heteroatoms. The van der Waals surface area contributed by atoms with Gasteiger partial charge < -0.3 is 30.2 Å². The Kier molecular flexibility index (Phi) is 15.2. The van der Waals surface area contributed by atoms with E-state index in [1.54, 1.807) is 51.1 Å². The van der Waals surface area contributed by atoms with Gasteiger partial charge in [-0.1, -0.05) is 12.1 Å². The lowest BCUT2D eigenvalue weighted by molar-refractivity contribution is 0.397. The normalized spacial score (nSPS) is 10.3. The van der Waals surface area contributed by atoms with Crippen LogP contribution in [-0.2, 0) is 13.1 Å². The highest BCUT2D eigenvalue weighted by Crippen LogP contribution is 2.24. The van der Waals surface area contributed by atoms with E-state index in [0.29, 0.717) is 23.2 Å². The smallest absolute Gasteiger partial charge is 0.481 e. The third-order valence-electron chi connectivity index (χ3n) is 7.46. The standard InChI is InChI=1S/C18H16F2N4O.C11H8BrF2N3.C7H10BNO3/c1-11-6-17(25-2)21-9-13(11)12-7-22-18(23-8-12)24-10-14-15(19)4-3-5-16(14)20;12-7-4-15-11(16-5-7)17-6-8-9(13)2-1-3-10(8)14;1-5-3-7(12-2)9-4-6(5)8(10)11/h3-9H,10H2,1-2H3,(H,22,23,24);1-5H,6H2,(H,15,16,17);3-4,10-11H,1-2H3. The van der Waals surface area contributed by atoms with Crippen LogP contribution in [0.15, 0.2) is 90.2 Å². The first-order valence-electron chi connectivity index (χ1n) is 15.9. The van der Waals surface area contributed by atoms with E-state index < -0.39 is 30.4 Å². The summed E-state index contributed by atoms with van der Waals surface area (Å²) < 4.78 is 64.5. The third kappa shape index (κ3) is 11.6. The molecule has 0 unspecified atom stereocenters. The van der Waals surface area contributed by atoms with Gasteiger partial charge in [0.15, 0.2) is 0 Å². The maximum Gasteiger partial charge on any atom is 0.490 e. The second-order valence-electron chi connectivity index (χ2n) is 11.1. The molecule has 0 aliphatic rings. The molecule has 0 aliphatic carbocycles. The SMILES string of the molecule is COc1cc(C)c(-c2cnc(NCc3c(F)cccc3F)nc2)cn1.COc1cc(C)c(B(O)O)cn1.Fc1cccc(F)c1CNc1ncc(Br)cn1. The van der Waals surface area contributed by atoms with Crippen molar-refractivity contribution in [1.82, 2.24) is 29.9 Å². The van der Waals surface area contributed by atoms with Gasteiger partial charge in [0.05, 0.1) is 18.7 Å². The Morgan fingerprint density at radius 1 is 0.630 bits per heavy atom. The van der Waals surface area contributed by atoms with Crippen molar-refractivity contribution in [3.8, 4) is 22.9 Å². The quantitative estimate of drug-likeness (QED) is 0.0953. The Bertz CT molecular complexity index is 2100. The van der Waals surface area contributed by atoms with Crippen LogP contribution in [0.25, 0.3) is 11.1 Å². The molecular weight excluding hydrogens is 775 g/mol. The molecule has 6 rings (SSSR count). The molecule has 54 heavy (non-hydrogen) atoms. The van der Waals surface area contributed by atoms with E-state index in [0.717, 1.165) is 26.7 Å². The van der Waals surface area contributed by atoms with Crippen LogP contribution >= 0.6 is 15.9 Å². The highest BCUT2D eigenvalue weighted by molar-refractivity contribution is 9.10. The largest absolute Gasteiger partial charge is 0.490 e. The molecule has 0 aliphatic heterocycles. The molecule has 0 amide bonds. The van der Waals surface area contributed by atoms with Crippen molar-refractivity contribution in [1.29, 1.82) is 0 Å².